The number of ether oxygens (including phenoxy) is 1. The molecule has 0 fully saturated rings. The molecule has 0 spiro atoms. The smallest absolute Gasteiger partial charge is 0.355 e. The number of nitro groups is 1. The highest BCUT2D eigenvalue weighted by atomic mass is 16.6. The molecule has 1 aromatic heterocycles. The first-order valence-corrected chi connectivity index (χ1v) is 11.2. The van der Waals surface area contributed by atoms with Gasteiger partial charge in [-0.3, -0.25) is 25.8 Å². The summed E-state index contributed by atoms with van der Waals surface area (Å²) in [6.45, 7) is 2.41. The van der Waals surface area contributed by atoms with Gasteiger partial charge in [-0.05, 0) is 42.3 Å². The van der Waals surface area contributed by atoms with Crippen molar-refractivity contribution in [2.45, 2.75) is 12.8 Å². The number of nitrogens with one attached hydrogen (secondary N) is 3. The molecule has 3 aromatic carbocycles. The van der Waals surface area contributed by atoms with Crippen LogP contribution in [0.5, 0.6) is 5.75 Å². The van der Waals surface area contributed by atoms with Gasteiger partial charge in [-0.2, -0.15) is 0 Å². The normalized spacial score (nSPS) is 10.5. The van der Waals surface area contributed by atoms with E-state index < -0.39 is 22.4 Å². The topological polar surface area (TPSA) is 131 Å². The minimum absolute atomic E-state index is 0.0291. The van der Waals surface area contributed by atoms with Crippen molar-refractivity contribution in [1.29, 1.82) is 0 Å². The minimum Gasteiger partial charge on any atom is -0.494 e. The first-order chi connectivity index (χ1) is 17.6. The Hall–Kier alpha value is -4.99. The van der Waals surface area contributed by atoms with Gasteiger partial charge in [0.25, 0.3) is 0 Å². The lowest BCUT2D eigenvalue weighted by atomic mass is 9.91. The van der Waals surface area contributed by atoms with Crippen LogP contribution in [0, 0.1) is 10.1 Å². The highest BCUT2D eigenvalue weighted by Gasteiger charge is 2.26. The van der Waals surface area contributed by atoms with Gasteiger partial charge in [0.2, 0.25) is 17.5 Å². The van der Waals surface area contributed by atoms with Crippen LogP contribution in [0.3, 0.4) is 0 Å². The van der Waals surface area contributed by atoms with Crippen LogP contribution in [0.2, 0.25) is 0 Å². The molecule has 0 aliphatic carbocycles. The van der Waals surface area contributed by atoms with Gasteiger partial charge < -0.3 is 10.1 Å². The Morgan fingerprint density at radius 3 is 2.06 bits per heavy atom. The number of hydrogen-bond donors (Lipinski definition) is 3. The average molecular weight is 485 g/mol. The van der Waals surface area contributed by atoms with Gasteiger partial charge in [0, 0.05) is 5.69 Å². The monoisotopic (exact) mass is 484 g/mol. The maximum atomic E-state index is 13.2. The van der Waals surface area contributed by atoms with Crippen LogP contribution < -0.4 is 20.9 Å². The zero-order valence-electron chi connectivity index (χ0n) is 19.4. The standard InChI is InChI=1S/C26H24N6O4/c1-2-36-21-15-13-20(14-16-21)29-24-23(32(34)35)25(28-17-27-24)30-31-26(33)22(18-9-5-3-6-10-18)19-11-7-4-8-12-19/h3-17,22H,2H2,1H3,(H,31,33)(H2,27,28,29,30). The number of carbonyl (C=O) groups is 1. The number of rotatable bonds is 10. The lowest BCUT2D eigenvalue weighted by Gasteiger charge is -2.18. The second kappa shape index (κ2) is 11.4. The van der Waals surface area contributed by atoms with E-state index in [2.05, 4.69) is 26.1 Å². The molecule has 3 N–H and O–H groups in total. The fourth-order valence-corrected chi connectivity index (χ4v) is 3.65. The van der Waals surface area contributed by atoms with Crippen molar-refractivity contribution in [2.24, 2.45) is 0 Å². The molecule has 0 unspecified atom stereocenters. The largest absolute Gasteiger partial charge is 0.494 e. The van der Waals surface area contributed by atoms with Crippen LogP contribution >= 0.6 is 0 Å². The number of hydrogen-bond acceptors (Lipinski definition) is 8. The molecule has 0 radical (unpaired) electrons. The van der Waals surface area contributed by atoms with Crippen molar-refractivity contribution < 1.29 is 14.5 Å². The van der Waals surface area contributed by atoms with E-state index in [-0.39, 0.29) is 11.6 Å². The Morgan fingerprint density at radius 1 is 0.917 bits per heavy atom. The molecule has 0 saturated heterocycles. The van der Waals surface area contributed by atoms with E-state index in [9.17, 15) is 14.9 Å². The summed E-state index contributed by atoms with van der Waals surface area (Å²) in [6, 6.07) is 25.4. The Balaban J connectivity index is 1.56. The lowest BCUT2D eigenvalue weighted by Crippen LogP contribution is -2.35. The van der Waals surface area contributed by atoms with Crippen LogP contribution in [-0.4, -0.2) is 27.4 Å². The fraction of sp³-hybridized carbons (Fsp3) is 0.115. The molecule has 0 aliphatic heterocycles. The third kappa shape index (κ3) is 5.73. The van der Waals surface area contributed by atoms with Gasteiger partial charge in [-0.15, -0.1) is 0 Å². The van der Waals surface area contributed by atoms with Crippen molar-refractivity contribution in [1.82, 2.24) is 15.4 Å². The summed E-state index contributed by atoms with van der Waals surface area (Å²) < 4.78 is 5.42. The predicted molar refractivity (Wildman–Crippen MR) is 136 cm³/mol. The Bertz CT molecular complexity index is 1280. The van der Waals surface area contributed by atoms with E-state index in [1.54, 1.807) is 24.3 Å². The molecule has 4 rings (SSSR count). The van der Waals surface area contributed by atoms with E-state index in [4.69, 9.17) is 4.74 Å². The van der Waals surface area contributed by atoms with Gasteiger partial charge in [0.05, 0.1) is 17.4 Å². The number of carbonyl (C=O) groups excluding carboxylic acids is 1. The number of nitrogens with zero attached hydrogens (tertiary/aromatic N) is 3. The molecule has 1 amide bonds. The Labute approximate surface area is 207 Å². The van der Waals surface area contributed by atoms with Gasteiger partial charge in [-0.25, -0.2) is 9.97 Å². The fourth-order valence-electron chi connectivity index (χ4n) is 3.65. The second-order valence-electron chi connectivity index (χ2n) is 7.63. The highest BCUT2D eigenvalue weighted by molar-refractivity contribution is 5.88. The van der Waals surface area contributed by atoms with E-state index in [1.165, 1.54) is 6.33 Å². The van der Waals surface area contributed by atoms with E-state index >= 15 is 0 Å². The summed E-state index contributed by atoms with van der Waals surface area (Å²) in [4.78, 5) is 32.5. The summed E-state index contributed by atoms with van der Waals surface area (Å²) in [5.74, 6) is -0.546. The minimum atomic E-state index is -0.637. The molecule has 0 bridgehead atoms. The molecule has 0 aliphatic rings. The number of benzene rings is 3. The van der Waals surface area contributed by atoms with Crippen LogP contribution in [0.15, 0.2) is 91.3 Å². The highest BCUT2D eigenvalue weighted by Crippen LogP contribution is 2.31. The van der Waals surface area contributed by atoms with Crippen LogP contribution in [0.1, 0.15) is 24.0 Å². The van der Waals surface area contributed by atoms with Crippen LogP contribution in [-0.2, 0) is 4.79 Å². The van der Waals surface area contributed by atoms with Gasteiger partial charge in [-0.1, -0.05) is 60.7 Å². The van der Waals surface area contributed by atoms with Crippen molar-refractivity contribution in [2.75, 3.05) is 17.3 Å². The first kappa shape index (κ1) is 24.1. The number of hydrazine groups is 1. The molecule has 10 nitrogen and oxygen atoms in total. The number of amides is 1. The SMILES string of the molecule is CCOc1ccc(Nc2ncnc(NNC(=O)C(c3ccccc3)c3ccccc3)c2[N+](=O)[O-])cc1. The number of aromatic nitrogens is 2. The molecule has 10 heteroatoms. The van der Waals surface area contributed by atoms with Gasteiger partial charge in [0.15, 0.2) is 0 Å². The Morgan fingerprint density at radius 2 is 1.50 bits per heavy atom. The second-order valence-corrected chi connectivity index (χ2v) is 7.63. The van der Waals surface area contributed by atoms with Gasteiger partial charge >= 0.3 is 5.69 Å². The van der Waals surface area contributed by atoms with Crippen molar-refractivity contribution in [3.63, 3.8) is 0 Å². The third-order valence-corrected chi connectivity index (χ3v) is 5.27. The van der Waals surface area contributed by atoms with Crippen molar-refractivity contribution >= 4 is 28.9 Å². The summed E-state index contributed by atoms with van der Waals surface area (Å²) >= 11 is 0. The predicted octanol–water partition coefficient (Wildman–Crippen LogP) is 4.80. The lowest BCUT2D eigenvalue weighted by molar-refractivity contribution is -0.383. The zero-order valence-corrected chi connectivity index (χ0v) is 19.4. The van der Waals surface area contributed by atoms with Crippen molar-refractivity contribution in [3.8, 4) is 5.75 Å². The first-order valence-electron chi connectivity index (χ1n) is 11.2. The van der Waals surface area contributed by atoms with E-state index in [0.717, 1.165) is 11.1 Å². The molecule has 182 valence electrons. The maximum absolute atomic E-state index is 13.2. The molecule has 1 heterocycles. The summed E-state index contributed by atoms with van der Waals surface area (Å²) in [7, 11) is 0. The summed E-state index contributed by atoms with van der Waals surface area (Å²) in [5.41, 5.74) is 6.90. The molecular formula is C26H24N6O4. The maximum Gasteiger partial charge on any atom is 0.355 e. The molecule has 0 atom stereocenters. The van der Waals surface area contributed by atoms with Crippen LogP contribution in [0.25, 0.3) is 0 Å². The number of anilines is 3. The molecule has 4 aromatic rings. The molecule has 0 saturated carbocycles. The van der Waals surface area contributed by atoms with Crippen LogP contribution in [0.4, 0.5) is 23.0 Å². The van der Waals surface area contributed by atoms with E-state index in [1.807, 2.05) is 67.6 Å². The molecular weight excluding hydrogens is 460 g/mol. The third-order valence-electron chi connectivity index (χ3n) is 5.27. The van der Waals surface area contributed by atoms with E-state index in [0.29, 0.717) is 18.0 Å². The average Bonchev–Trinajstić information content (AvgIpc) is 2.90. The quantitative estimate of drug-likeness (QED) is 0.216. The summed E-state index contributed by atoms with van der Waals surface area (Å²) in [5, 5.41) is 14.8. The summed E-state index contributed by atoms with van der Waals surface area (Å²) in [6.07, 6.45) is 1.17. The Kier molecular flexibility index (Phi) is 7.66. The van der Waals surface area contributed by atoms with Gasteiger partial charge in [0.1, 0.15) is 12.1 Å². The van der Waals surface area contributed by atoms with Crippen molar-refractivity contribution in [3.05, 3.63) is 112 Å². The molecule has 36 heavy (non-hydrogen) atoms. The zero-order chi connectivity index (χ0) is 25.3.